The second-order valence-corrected chi connectivity index (χ2v) is 16.1. The Hall–Kier alpha value is -4.19. The molecule has 1 aliphatic heterocycles. The highest BCUT2D eigenvalue weighted by Crippen LogP contribution is 2.47. The number of ether oxygens (including phenoxy) is 1. The summed E-state index contributed by atoms with van der Waals surface area (Å²) in [6.07, 6.45) is 7.52. The van der Waals surface area contributed by atoms with Crippen LogP contribution in [0.25, 0.3) is 11.1 Å². The summed E-state index contributed by atoms with van der Waals surface area (Å²) in [4.78, 5) is 49.3. The van der Waals surface area contributed by atoms with Crippen LogP contribution in [0.3, 0.4) is 0 Å². The quantitative estimate of drug-likeness (QED) is 0.368. The number of sulfonamides is 1. The first-order chi connectivity index (χ1) is 23.6. The van der Waals surface area contributed by atoms with Crippen LogP contribution in [0, 0.1) is 17.8 Å². The van der Waals surface area contributed by atoms with Gasteiger partial charge in [-0.15, -0.1) is 6.58 Å². The largest absolute Gasteiger partial charge is 0.494 e. The molecular weight excluding hydrogens is 644 g/mol. The molecule has 3 saturated carbocycles. The van der Waals surface area contributed by atoms with Gasteiger partial charge in [0.15, 0.2) is 0 Å². The number of benzene rings is 2. The lowest BCUT2D eigenvalue weighted by Gasteiger charge is -2.26. The average Bonchev–Trinajstić information content (AvgIpc) is 4.00. The van der Waals surface area contributed by atoms with E-state index in [2.05, 4.69) is 21.8 Å². The molecule has 0 radical (unpaired) electrons. The van der Waals surface area contributed by atoms with Crippen molar-refractivity contribution in [3.63, 3.8) is 0 Å². The van der Waals surface area contributed by atoms with Gasteiger partial charge in [-0.2, -0.15) is 0 Å². The van der Waals surface area contributed by atoms with Crippen LogP contribution in [0.1, 0.15) is 75.3 Å². The zero-order valence-corrected chi connectivity index (χ0v) is 28.7. The Labute approximate surface area is 287 Å². The van der Waals surface area contributed by atoms with E-state index in [0.29, 0.717) is 31.7 Å². The third-order valence-corrected chi connectivity index (χ3v) is 12.5. The molecule has 0 spiro atoms. The number of hydrogen-bond acceptors (Lipinski definition) is 8. The number of carbonyl (C=O) groups excluding carboxylic acids is 3. The zero-order chi connectivity index (χ0) is 34.3. The summed E-state index contributed by atoms with van der Waals surface area (Å²) in [6.45, 7) is 4.97. The van der Waals surface area contributed by atoms with Crippen molar-refractivity contribution in [1.82, 2.24) is 14.9 Å². The summed E-state index contributed by atoms with van der Waals surface area (Å²) in [6, 6.07) is 14.0. The van der Waals surface area contributed by atoms with E-state index in [1.165, 1.54) is 0 Å². The topological polar surface area (TPSA) is 143 Å². The van der Waals surface area contributed by atoms with Crippen LogP contribution in [0.15, 0.2) is 60.3 Å². The molecule has 3 amide bonds. The number of rotatable bonds is 6. The van der Waals surface area contributed by atoms with Gasteiger partial charge in [0, 0.05) is 30.6 Å². The van der Waals surface area contributed by atoms with Gasteiger partial charge in [-0.05, 0) is 74.3 Å². The summed E-state index contributed by atoms with van der Waals surface area (Å²) < 4.78 is 33.6. The van der Waals surface area contributed by atoms with Crippen molar-refractivity contribution >= 4 is 33.5 Å². The highest BCUT2D eigenvalue weighted by molar-refractivity contribution is 7.91. The van der Waals surface area contributed by atoms with Crippen molar-refractivity contribution in [2.24, 2.45) is 22.9 Å². The van der Waals surface area contributed by atoms with E-state index in [1.54, 1.807) is 18.0 Å². The van der Waals surface area contributed by atoms with Crippen LogP contribution in [-0.4, -0.2) is 73.8 Å². The second kappa shape index (κ2) is 13.3. The van der Waals surface area contributed by atoms with Crippen LogP contribution in [0.2, 0.25) is 0 Å². The van der Waals surface area contributed by atoms with Gasteiger partial charge in [-0.1, -0.05) is 54.8 Å². The van der Waals surface area contributed by atoms with Crippen LogP contribution in [0.4, 0.5) is 0 Å². The van der Waals surface area contributed by atoms with E-state index < -0.39 is 56.5 Å². The molecule has 2 aromatic rings. The predicted octanol–water partition coefficient (Wildman–Crippen LogP) is 4.30. The Kier molecular flexibility index (Phi) is 9.02. The molecule has 260 valence electrons. The molecule has 4 bridgehead atoms. The Morgan fingerprint density at radius 2 is 1.73 bits per heavy atom. The molecule has 5 aliphatic rings. The van der Waals surface area contributed by atoms with E-state index in [9.17, 15) is 22.8 Å². The molecule has 1 unspecified atom stereocenters. The van der Waals surface area contributed by atoms with Crippen molar-refractivity contribution < 1.29 is 32.4 Å². The van der Waals surface area contributed by atoms with Crippen molar-refractivity contribution in [3.8, 4) is 16.9 Å². The van der Waals surface area contributed by atoms with E-state index in [0.717, 1.165) is 60.1 Å². The summed E-state index contributed by atoms with van der Waals surface area (Å²) in [5.74, 6) is -2.55. The van der Waals surface area contributed by atoms with Gasteiger partial charge < -0.3 is 19.8 Å². The Balaban J connectivity index is 1.16. The maximum Gasteiger partial charge on any atom is 0.259 e. The Bertz CT molecular complexity index is 1810. The van der Waals surface area contributed by atoms with E-state index in [1.807, 2.05) is 42.5 Å². The molecule has 49 heavy (non-hydrogen) atoms. The summed E-state index contributed by atoms with van der Waals surface area (Å²) in [5.41, 5.74) is 3.14. The first kappa shape index (κ1) is 33.3. The van der Waals surface area contributed by atoms with Crippen LogP contribution < -0.4 is 14.8 Å². The van der Waals surface area contributed by atoms with Crippen molar-refractivity contribution in [1.29, 1.82) is 0 Å². The smallest absolute Gasteiger partial charge is 0.259 e. The van der Waals surface area contributed by atoms with Crippen molar-refractivity contribution in [2.75, 3.05) is 20.2 Å². The molecule has 5 atom stereocenters. The maximum absolute atomic E-state index is 14.1. The number of fused-ring (bicyclic) bond motifs is 6. The van der Waals surface area contributed by atoms with Crippen molar-refractivity contribution in [2.45, 2.75) is 81.1 Å². The number of hydrogen-bond donors (Lipinski definition) is 2. The normalized spacial score (nSPS) is 29.4. The van der Waals surface area contributed by atoms with Crippen molar-refractivity contribution in [3.05, 3.63) is 66.2 Å². The Morgan fingerprint density at radius 3 is 2.49 bits per heavy atom. The minimum absolute atomic E-state index is 0.155. The average molecular weight is 689 g/mol. The van der Waals surface area contributed by atoms with E-state index in [4.69, 9.17) is 9.57 Å². The molecule has 2 aromatic carbocycles. The van der Waals surface area contributed by atoms with Gasteiger partial charge in [0.1, 0.15) is 23.1 Å². The van der Waals surface area contributed by atoms with E-state index >= 15 is 0 Å². The molecule has 4 aliphatic carbocycles. The second-order valence-electron chi connectivity index (χ2n) is 14.2. The third-order valence-electron chi connectivity index (χ3n) is 10.7. The van der Waals surface area contributed by atoms with Crippen LogP contribution in [-0.2, 0) is 29.2 Å². The highest BCUT2D eigenvalue weighted by atomic mass is 32.2. The fourth-order valence-corrected chi connectivity index (χ4v) is 8.94. The molecule has 11 nitrogen and oxygen atoms in total. The monoisotopic (exact) mass is 688 g/mol. The fourth-order valence-electron chi connectivity index (χ4n) is 7.57. The van der Waals surface area contributed by atoms with Gasteiger partial charge >= 0.3 is 0 Å². The molecular formula is C37H44N4O7S. The number of carbonyl (C=O) groups is 3. The number of nitrogens with one attached hydrogen (secondary N) is 2. The minimum Gasteiger partial charge on any atom is -0.494 e. The summed E-state index contributed by atoms with van der Waals surface area (Å²) in [7, 11) is -2.06. The first-order valence-electron chi connectivity index (χ1n) is 17.5. The SMILES string of the molecule is C=CC1C[C@]1(NC(=O)[C@@H]1C[C@@H]2C[C@H]1C(=O)N(C)CCCCCCCOc1ccc3c(c1)/C(=N\O2)c1ccccc1-3)C(=O)NS(=O)(=O)C1CC1. The van der Waals surface area contributed by atoms with Crippen LogP contribution >= 0.6 is 0 Å². The number of amides is 3. The van der Waals surface area contributed by atoms with Gasteiger partial charge in [0.2, 0.25) is 21.8 Å². The maximum atomic E-state index is 14.1. The van der Waals surface area contributed by atoms with Gasteiger partial charge in [0.05, 0.1) is 23.7 Å². The lowest BCUT2D eigenvalue weighted by Crippen LogP contribution is -2.54. The standard InChI is InChI=1S/C37H44N4O7S/c1-3-23-22-37(23,36(44)40-49(45,46)26-14-15-26)38-34(42)31-20-25-21-32(31)35(43)41(2)17-9-5-4-6-10-18-47-24-13-16-28-27-11-7-8-12-29(27)33(39-48-25)30(28)19-24/h3,7-8,11-13,16,19,23,25-26,31-32H,1,4-6,9-10,14-15,17-18,20-22H2,2H3,(H,38,42)(H,40,44)/b39-33-/t23?,25-,31-,32-,37-/m1/s1. The lowest BCUT2D eigenvalue weighted by molar-refractivity contribution is -0.140. The van der Waals surface area contributed by atoms with Gasteiger partial charge in [0.25, 0.3) is 5.91 Å². The number of nitrogens with zero attached hydrogens (tertiary/aromatic N) is 2. The van der Waals surface area contributed by atoms with Gasteiger partial charge in [-0.3, -0.25) is 19.1 Å². The molecule has 1 heterocycles. The van der Waals surface area contributed by atoms with Gasteiger partial charge in [-0.25, -0.2) is 8.42 Å². The first-order valence-corrected chi connectivity index (χ1v) is 19.0. The highest BCUT2D eigenvalue weighted by Gasteiger charge is 2.62. The summed E-state index contributed by atoms with van der Waals surface area (Å²) in [5, 5.41) is 6.96. The van der Waals surface area contributed by atoms with E-state index in [-0.39, 0.29) is 25.2 Å². The molecule has 0 saturated heterocycles. The minimum atomic E-state index is -3.82. The molecule has 12 heteroatoms. The fraction of sp³-hybridized carbons (Fsp3) is 0.514. The third kappa shape index (κ3) is 6.59. The molecule has 2 N–H and O–H groups in total. The van der Waals surface area contributed by atoms with Crippen LogP contribution in [0.5, 0.6) is 5.75 Å². The number of oxime groups is 1. The Morgan fingerprint density at radius 1 is 1.00 bits per heavy atom. The predicted molar refractivity (Wildman–Crippen MR) is 184 cm³/mol. The lowest BCUT2D eigenvalue weighted by atomic mass is 9.93. The molecule has 3 fully saturated rings. The molecule has 7 rings (SSSR count). The summed E-state index contributed by atoms with van der Waals surface area (Å²) >= 11 is 0. The zero-order valence-electron chi connectivity index (χ0n) is 27.9. The molecule has 0 aromatic heterocycles.